The first kappa shape index (κ1) is 15.5. The van der Waals surface area contributed by atoms with E-state index >= 15 is 0 Å². The van der Waals surface area contributed by atoms with Crippen molar-refractivity contribution in [3.8, 4) is 5.13 Å². The van der Waals surface area contributed by atoms with Gasteiger partial charge >= 0.3 is 0 Å². The molecule has 5 nitrogen and oxygen atoms in total. The molecule has 0 aliphatic carbocycles. The van der Waals surface area contributed by atoms with Gasteiger partial charge in [0.1, 0.15) is 5.82 Å². The number of nitrogens with zero attached hydrogens (tertiary/aromatic N) is 3. The number of fused-ring (bicyclic) bond motifs is 1. The summed E-state index contributed by atoms with van der Waals surface area (Å²) in [6.45, 7) is 1.90. The van der Waals surface area contributed by atoms with E-state index in [-0.39, 0.29) is 5.91 Å². The van der Waals surface area contributed by atoms with Crippen molar-refractivity contribution in [2.75, 3.05) is 5.32 Å². The topological polar surface area (TPSA) is 59.8 Å². The minimum Gasteiger partial charge on any atom is -0.310 e. The molecular formula is C19H16N4OS. The van der Waals surface area contributed by atoms with Gasteiger partial charge < -0.3 is 5.32 Å². The van der Waals surface area contributed by atoms with Crippen LogP contribution in [0.1, 0.15) is 11.3 Å². The summed E-state index contributed by atoms with van der Waals surface area (Å²) in [6, 6.07) is 19.5. The minimum atomic E-state index is -0.0755. The number of aromatic nitrogens is 3. The maximum atomic E-state index is 12.4. The van der Waals surface area contributed by atoms with Crippen LogP contribution in [0.15, 0.2) is 60.7 Å². The van der Waals surface area contributed by atoms with Crippen LogP contribution in [0.5, 0.6) is 0 Å². The first-order valence-electron chi connectivity index (χ1n) is 7.95. The summed E-state index contributed by atoms with van der Waals surface area (Å²) >= 11 is 1.55. The van der Waals surface area contributed by atoms with Crippen LogP contribution in [-0.4, -0.2) is 20.7 Å². The van der Waals surface area contributed by atoms with Crippen LogP contribution < -0.4 is 5.32 Å². The first-order chi connectivity index (χ1) is 12.2. The summed E-state index contributed by atoms with van der Waals surface area (Å²) in [5.74, 6) is 0.561. The molecule has 2 aromatic carbocycles. The number of thiazole rings is 1. The molecule has 1 N–H and O–H groups in total. The Balaban J connectivity index is 1.61. The third-order valence-electron chi connectivity index (χ3n) is 3.77. The van der Waals surface area contributed by atoms with Crippen molar-refractivity contribution in [1.29, 1.82) is 0 Å². The highest BCUT2D eigenvalue weighted by molar-refractivity contribution is 7.20. The van der Waals surface area contributed by atoms with Crippen LogP contribution in [-0.2, 0) is 11.2 Å². The van der Waals surface area contributed by atoms with Crippen LogP contribution in [0.25, 0.3) is 15.3 Å². The summed E-state index contributed by atoms with van der Waals surface area (Å²) in [7, 11) is 0. The van der Waals surface area contributed by atoms with Gasteiger partial charge in [-0.3, -0.25) is 4.79 Å². The quantitative estimate of drug-likeness (QED) is 0.607. The number of rotatable bonds is 4. The number of para-hydroxylation sites is 1. The van der Waals surface area contributed by atoms with E-state index in [4.69, 9.17) is 0 Å². The predicted octanol–water partition coefficient (Wildman–Crippen LogP) is 3.97. The van der Waals surface area contributed by atoms with E-state index in [2.05, 4.69) is 15.4 Å². The molecule has 4 rings (SSSR count). The number of benzene rings is 2. The molecule has 0 fully saturated rings. The lowest BCUT2D eigenvalue weighted by atomic mass is 10.1. The molecule has 0 spiro atoms. The monoisotopic (exact) mass is 348 g/mol. The van der Waals surface area contributed by atoms with Gasteiger partial charge in [-0.05, 0) is 24.6 Å². The van der Waals surface area contributed by atoms with Crippen molar-refractivity contribution in [2.45, 2.75) is 13.3 Å². The van der Waals surface area contributed by atoms with Gasteiger partial charge in [-0.15, -0.1) is 0 Å². The van der Waals surface area contributed by atoms with E-state index in [1.54, 1.807) is 16.0 Å². The normalized spacial score (nSPS) is 10.9. The molecule has 0 unspecified atom stereocenters. The molecule has 0 saturated carbocycles. The number of hydrogen-bond acceptors (Lipinski definition) is 4. The van der Waals surface area contributed by atoms with E-state index in [0.29, 0.717) is 12.2 Å². The van der Waals surface area contributed by atoms with Gasteiger partial charge in [0.2, 0.25) is 11.0 Å². The van der Waals surface area contributed by atoms with Gasteiger partial charge in [0.25, 0.3) is 0 Å². The second kappa shape index (κ2) is 6.49. The average Bonchev–Trinajstić information content (AvgIpc) is 3.18. The first-order valence-corrected chi connectivity index (χ1v) is 8.77. The van der Waals surface area contributed by atoms with Gasteiger partial charge in [-0.1, -0.05) is 53.8 Å². The number of aryl methyl sites for hydroxylation is 1. The largest absolute Gasteiger partial charge is 0.310 e. The second-order valence-electron chi connectivity index (χ2n) is 5.76. The highest BCUT2D eigenvalue weighted by atomic mass is 32.1. The fraction of sp³-hybridized carbons (Fsp3) is 0.105. The van der Waals surface area contributed by atoms with Crippen molar-refractivity contribution in [3.05, 3.63) is 71.9 Å². The fourth-order valence-electron chi connectivity index (χ4n) is 2.65. The van der Waals surface area contributed by atoms with Crippen molar-refractivity contribution in [2.24, 2.45) is 0 Å². The van der Waals surface area contributed by atoms with Crippen molar-refractivity contribution < 1.29 is 4.79 Å². The number of amides is 1. The van der Waals surface area contributed by atoms with Crippen LogP contribution in [0.2, 0.25) is 0 Å². The lowest BCUT2D eigenvalue weighted by molar-refractivity contribution is -0.115. The molecule has 0 aliphatic heterocycles. The van der Waals surface area contributed by atoms with Crippen molar-refractivity contribution >= 4 is 33.3 Å². The molecule has 6 heteroatoms. The van der Waals surface area contributed by atoms with Crippen molar-refractivity contribution in [1.82, 2.24) is 14.8 Å². The van der Waals surface area contributed by atoms with Gasteiger partial charge in [-0.25, -0.2) is 4.98 Å². The Morgan fingerprint density at radius 3 is 2.68 bits per heavy atom. The summed E-state index contributed by atoms with van der Waals surface area (Å²) in [4.78, 5) is 17.0. The molecule has 4 aromatic rings. The van der Waals surface area contributed by atoms with Crippen LogP contribution in [0.4, 0.5) is 5.82 Å². The molecule has 0 aliphatic rings. The zero-order valence-corrected chi connectivity index (χ0v) is 14.5. The molecular weight excluding hydrogens is 332 g/mol. The minimum absolute atomic E-state index is 0.0755. The van der Waals surface area contributed by atoms with Gasteiger partial charge in [0, 0.05) is 6.07 Å². The molecule has 2 aromatic heterocycles. The predicted molar refractivity (Wildman–Crippen MR) is 100 cm³/mol. The SMILES string of the molecule is Cc1cc(NC(=O)Cc2ccccc2)n(-c2nc3ccccc3s2)n1. The number of carbonyl (C=O) groups is 1. The molecule has 0 bridgehead atoms. The maximum Gasteiger partial charge on any atom is 0.229 e. The lowest BCUT2D eigenvalue weighted by Crippen LogP contribution is -2.17. The molecule has 25 heavy (non-hydrogen) atoms. The Bertz CT molecular complexity index is 1000. The van der Waals surface area contributed by atoms with Crippen LogP contribution in [0.3, 0.4) is 0 Å². The van der Waals surface area contributed by atoms with E-state index in [0.717, 1.165) is 26.6 Å². The molecule has 2 heterocycles. The Kier molecular flexibility index (Phi) is 4.03. The molecule has 0 saturated heterocycles. The summed E-state index contributed by atoms with van der Waals surface area (Å²) in [6.07, 6.45) is 0.324. The summed E-state index contributed by atoms with van der Waals surface area (Å²) in [5.41, 5.74) is 2.73. The summed E-state index contributed by atoms with van der Waals surface area (Å²) < 4.78 is 2.79. The Morgan fingerprint density at radius 1 is 1.12 bits per heavy atom. The van der Waals surface area contributed by atoms with Crippen LogP contribution in [0, 0.1) is 6.92 Å². The van der Waals surface area contributed by atoms with Gasteiger partial charge in [-0.2, -0.15) is 9.78 Å². The fourth-order valence-corrected chi connectivity index (χ4v) is 3.58. The summed E-state index contributed by atoms with van der Waals surface area (Å²) in [5, 5.41) is 8.18. The Morgan fingerprint density at radius 2 is 1.88 bits per heavy atom. The van der Waals surface area contributed by atoms with Gasteiger partial charge in [0.05, 0.1) is 22.3 Å². The van der Waals surface area contributed by atoms with E-state index in [1.165, 1.54) is 0 Å². The Hall–Kier alpha value is -2.99. The van der Waals surface area contributed by atoms with E-state index in [9.17, 15) is 4.79 Å². The maximum absolute atomic E-state index is 12.4. The van der Waals surface area contributed by atoms with Crippen LogP contribution >= 0.6 is 11.3 Å². The highest BCUT2D eigenvalue weighted by Gasteiger charge is 2.14. The molecule has 0 atom stereocenters. The smallest absolute Gasteiger partial charge is 0.229 e. The molecule has 124 valence electrons. The third kappa shape index (κ3) is 3.29. The van der Waals surface area contributed by atoms with Crippen molar-refractivity contribution in [3.63, 3.8) is 0 Å². The van der Waals surface area contributed by atoms with Gasteiger partial charge in [0.15, 0.2) is 0 Å². The standard InChI is InChI=1S/C19H16N4OS/c1-13-11-17(21-18(24)12-14-7-3-2-4-8-14)23(22-13)19-20-15-9-5-6-10-16(15)25-19/h2-11H,12H2,1H3,(H,21,24). The zero-order valence-electron chi connectivity index (χ0n) is 13.6. The highest BCUT2D eigenvalue weighted by Crippen LogP contribution is 2.27. The molecule has 1 amide bonds. The third-order valence-corrected chi connectivity index (χ3v) is 4.78. The number of nitrogens with one attached hydrogen (secondary N) is 1. The van der Waals surface area contributed by atoms with E-state index in [1.807, 2.05) is 67.6 Å². The number of anilines is 1. The number of carbonyl (C=O) groups excluding carboxylic acids is 1. The molecule has 0 radical (unpaired) electrons. The zero-order chi connectivity index (χ0) is 17.2. The van der Waals surface area contributed by atoms with E-state index < -0.39 is 0 Å². The number of hydrogen-bond donors (Lipinski definition) is 1. The Labute approximate surface area is 149 Å². The lowest BCUT2D eigenvalue weighted by Gasteiger charge is -2.06. The second-order valence-corrected chi connectivity index (χ2v) is 6.77. The average molecular weight is 348 g/mol.